The van der Waals surface area contributed by atoms with Crippen molar-refractivity contribution in [3.05, 3.63) is 35.0 Å². The summed E-state index contributed by atoms with van der Waals surface area (Å²) in [4.78, 5) is 4.83. The molecule has 0 radical (unpaired) electrons. The van der Waals surface area contributed by atoms with E-state index in [1.807, 2.05) is 19.1 Å². The average molecular weight is 153 g/mol. The molecule has 1 aromatic rings. The van der Waals surface area contributed by atoms with Crippen molar-refractivity contribution >= 4 is 0 Å². The van der Waals surface area contributed by atoms with E-state index in [2.05, 4.69) is 0 Å². The molecule has 1 aromatic carbocycles. The first-order valence-corrected chi connectivity index (χ1v) is 3.43. The van der Waals surface area contributed by atoms with E-state index in [0.717, 1.165) is 5.56 Å². The lowest BCUT2D eigenvalue weighted by Crippen LogP contribution is -3.05. The van der Waals surface area contributed by atoms with E-state index in [1.165, 1.54) is 7.05 Å². The standard InChI is InChI=1S/C8H11NO2/c1-7-3-5-8(6-4-7)11-9(2)10/h3-6,9H,1-2H3. The summed E-state index contributed by atoms with van der Waals surface area (Å²) in [6.07, 6.45) is 0. The Balaban J connectivity index is 2.66. The normalized spacial score (nSPS) is 12.6. The molecule has 0 aromatic heterocycles. The molecule has 1 atom stereocenters. The summed E-state index contributed by atoms with van der Waals surface area (Å²) in [5, 5.41) is 10.2. The van der Waals surface area contributed by atoms with Gasteiger partial charge in [0.25, 0.3) is 0 Å². The van der Waals surface area contributed by atoms with E-state index in [4.69, 9.17) is 4.84 Å². The summed E-state index contributed by atoms with van der Waals surface area (Å²) >= 11 is 0. The van der Waals surface area contributed by atoms with Gasteiger partial charge >= 0.3 is 0 Å². The highest BCUT2D eigenvalue weighted by Crippen LogP contribution is 2.08. The van der Waals surface area contributed by atoms with Crippen LogP contribution in [0.15, 0.2) is 24.3 Å². The Bertz CT molecular complexity index is 218. The molecule has 3 heteroatoms. The predicted octanol–water partition coefficient (Wildman–Crippen LogP) is 0.301. The van der Waals surface area contributed by atoms with Gasteiger partial charge in [0.2, 0.25) is 0 Å². The fraction of sp³-hybridized carbons (Fsp3) is 0.250. The molecule has 0 aliphatic heterocycles. The molecule has 0 fully saturated rings. The molecule has 1 unspecified atom stereocenters. The van der Waals surface area contributed by atoms with Gasteiger partial charge in [-0.05, 0) is 19.1 Å². The Morgan fingerprint density at radius 3 is 2.27 bits per heavy atom. The Kier molecular flexibility index (Phi) is 2.46. The molecule has 0 saturated carbocycles. The van der Waals surface area contributed by atoms with Gasteiger partial charge < -0.3 is 10.0 Å². The zero-order chi connectivity index (χ0) is 8.27. The van der Waals surface area contributed by atoms with Gasteiger partial charge in [0, 0.05) is 0 Å². The summed E-state index contributed by atoms with van der Waals surface area (Å²) in [6, 6.07) is 7.35. The molecule has 0 bridgehead atoms. The van der Waals surface area contributed by atoms with E-state index in [-0.39, 0.29) is 5.23 Å². The minimum absolute atomic E-state index is 0.283. The molecule has 0 spiro atoms. The second-order valence-electron chi connectivity index (χ2n) is 2.41. The van der Waals surface area contributed by atoms with Gasteiger partial charge in [0.05, 0.1) is 0 Å². The third kappa shape index (κ3) is 2.57. The lowest BCUT2D eigenvalue weighted by atomic mass is 10.2. The smallest absolute Gasteiger partial charge is 0.190 e. The fourth-order valence-electron chi connectivity index (χ4n) is 0.772. The lowest BCUT2D eigenvalue weighted by molar-refractivity contribution is -1.00. The van der Waals surface area contributed by atoms with Gasteiger partial charge in [-0.3, -0.25) is 0 Å². The maximum Gasteiger partial charge on any atom is 0.190 e. The van der Waals surface area contributed by atoms with Crippen molar-refractivity contribution in [2.75, 3.05) is 7.05 Å². The first kappa shape index (κ1) is 8.04. The molecule has 0 aliphatic rings. The Morgan fingerprint density at radius 2 is 1.82 bits per heavy atom. The van der Waals surface area contributed by atoms with Crippen LogP contribution in [0.1, 0.15) is 5.56 Å². The number of aryl methyl sites for hydroxylation is 1. The van der Waals surface area contributed by atoms with Crippen LogP contribution in [-0.2, 0) is 0 Å². The summed E-state index contributed by atoms with van der Waals surface area (Å²) in [5.41, 5.74) is 1.15. The minimum Gasteiger partial charge on any atom is -0.591 e. The third-order valence-electron chi connectivity index (χ3n) is 1.28. The topological polar surface area (TPSA) is 36.7 Å². The molecule has 60 valence electrons. The van der Waals surface area contributed by atoms with E-state index in [0.29, 0.717) is 5.75 Å². The highest BCUT2D eigenvalue weighted by Gasteiger charge is 1.93. The molecular weight excluding hydrogens is 142 g/mol. The maximum atomic E-state index is 10.5. The molecule has 1 N–H and O–H groups in total. The zero-order valence-electron chi connectivity index (χ0n) is 6.63. The summed E-state index contributed by atoms with van der Waals surface area (Å²) in [6.45, 7) is 1.98. The Hall–Kier alpha value is -1.06. The molecule has 0 heterocycles. The molecule has 3 nitrogen and oxygen atoms in total. The lowest BCUT2D eigenvalue weighted by Gasteiger charge is -2.14. The molecule has 0 aliphatic carbocycles. The third-order valence-corrected chi connectivity index (χ3v) is 1.28. The Labute approximate surface area is 65.7 Å². The number of quaternary nitrogens is 1. The molecule has 11 heavy (non-hydrogen) atoms. The van der Waals surface area contributed by atoms with Crippen LogP contribution in [-0.4, -0.2) is 7.05 Å². The molecule has 1 rings (SSSR count). The molecule has 0 amide bonds. The van der Waals surface area contributed by atoms with Crippen molar-refractivity contribution in [1.29, 1.82) is 0 Å². The van der Waals surface area contributed by atoms with Crippen LogP contribution >= 0.6 is 0 Å². The summed E-state index contributed by atoms with van der Waals surface area (Å²) < 4.78 is 0. The summed E-state index contributed by atoms with van der Waals surface area (Å²) in [7, 11) is 1.39. The number of hydrogen-bond acceptors (Lipinski definition) is 2. The average Bonchev–Trinajstić information content (AvgIpc) is 1.93. The van der Waals surface area contributed by atoms with E-state index in [9.17, 15) is 5.21 Å². The second-order valence-corrected chi connectivity index (χ2v) is 2.41. The zero-order valence-corrected chi connectivity index (χ0v) is 6.63. The van der Waals surface area contributed by atoms with Crippen LogP contribution in [0.2, 0.25) is 0 Å². The van der Waals surface area contributed by atoms with Gasteiger partial charge in [-0.25, -0.2) is 0 Å². The Morgan fingerprint density at radius 1 is 1.27 bits per heavy atom. The summed E-state index contributed by atoms with van der Waals surface area (Å²) in [5.74, 6) is 0.600. The van der Waals surface area contributed by atoms with Crippen LogP contribution in [0.25, 0.3) is 0 Å². The number of hydroxylamine groups is 2. The predicted molar refractivity (Wildman–Crippen MR) is 42.1 cm³/mol. The van der Waals surface area contributed by atoms with Gasteiger partial charge in [0.15, 0.2) is 5.75 Å². The van der Waals surface area contributed by atoms with Crippen LogP contribution in [0, 0.1) is 12.1 Å². The van der Waals surface area contributed by atoms with Gasteiger partial charge in [-0.15, -0.1) is 0 Å². The van der Waals surface area contributed by atoms with Gasteiger partial charge in [-0.2, -0.15) is 5.23 Å². The van der Waals surface area contributed by atoms with E-state index in [1.54, 1.807) is 12.1 Å². The van der Waals surface area contributed by atoms with Crippen molar-refractivity contribution in [2.45, 2.75) is 6.92 Å². The SMILES string of the molecule is Cc1ccc(O[NH+](C)[O-])cc1. The fourth-order valence-corrected chi connectivity index (χ4v) is 0.772. The highest BCUT2D eigenvalue weighted by molar-refractivity contribution is 5.25. The first-order chi connectivity index (χ1) is 5.18. The second kappa shape index (κ2) is 3.37. The molecular formula is C8H11NO2. The van der Waals surface area contributed by atoms with Crippen molar-refractivity contribution < 1.29 is 10.1 Å². The van der Waals surface area contributed by atoms with Crippen molar-refractivity contribution in [2.24, 2.45) is 0 Å². The van der Waals surface area contributed by atoms with E-state index < -0.39 is 0 Å². The monoisotopic (exact) mass is 153 g/mol. The number of hydrogen-bond donors (Lipinski definition) is 1. The maximum absolute atomic E-state index is 10.5. The highest BCUT2D eigenvalue weighted by atomic mass is 16.9. The van der Waals surface area contributed by atoms with Crippen LogP contribution in [0.3, 0.4) is 0 Å². The van der Waals surface area contributed by atoms with Crippen LogP contribution in [0.4, 0.5) is 0 Å². The van der Waals surface area contributed by atoms with Gasteiger partial charge in [0.1, 0.15) is 7.05 Å². The van der Waals surface area contributed by atoms with Crippen molar-refractivity contribution in [3.63, 3.8) is 0 Å². The largest absolute Gasteiger partial charge is 0.591 e. The minimum atomic E-state index is -0.283. The quantitative estimate of drug-likeness (QED) is 0.620. The van der Waals surface area contributed by atoms with E-state index >= 15 is 0 Å². The van der Waals surface area contributed by atoms with Crippen LogP contribution in [0.5, 0.6) is 5.75 Å². The van der Waals surface area contributed by atoms with Gasteiger partial charge in [-0.1, -0.05) is 17.7 Å². The van der Waals surface area contributed by atoms with Crippen molar-refractivity contribution in [3.8, 4) is 5.75 Å². The van der Waals surface area contributed by atoms with Crippen LogP contribution < -0.4 is 10.1 Å². The van der Waals surface area contributed by atoms with Crippen molar-refractivity contribution in [1.82, 2.24) is 0 Å². The number of rotatable bonds is 2. The number of nitrogens with one attached hydrogen (secondary N) is 1. The molecule has 0 saturated heterocycles. The first-order valence-electron chi connectivity index (χ1n) is 3.43. The number of benzene rings is 1.